The molecule has 2 rings (SSSR count). The summed E-state index contributed by atoms with van der Waals surface area (Å²) in [5.41, 5.74) is -0.557. The van der Waals surface area contributed by atoms with Crippen LogP contribution in [0, 0.1) is 0 Å². The zero-order valence-corrected chi connectivity index (χ0v) is 11.9. The Morgan fingerprint density at radius 2 is 1.53 bits per heavy atom. The minimum Gasteiger partial charge on any atom is -0.382 e. The van der Waals surface area contributed by atoms with Gasteiger partial charge in [0.2, 0.25) is 0 Å². The Kier molecular flexibility index (Phi) is 4.64. The number of thioether (sulfide) groups is 1. The number of benzene rings is 2. The van der Waals surface area contributed by atoms with Gasteiger partial charge in [0.15, 0.2) is 0 Å². The van der Waals surface area contributed by atoms with Crippen molar-refractivity contribution in [3.63, 3.8) is 0 Å². The number of hydrogen-bond acceptors (Lipinski definition) is 3. The average Bonchev–Trinajstić information content (AvgIpc) is 2.46. The number of methoxy groups -OCH3 is 1. The van der Waals surface area contributed by atoms with Gasteiger partial charge in [-0.1, -0.05) is 60.3 Å². The van der Waals surface area contributed by atoms with E-state index < -0.39 is 5.60 Å². The average molecular weight is 274 g/mol. The molecule has 0 aliphatic rings. The minimum atomic E-state index is -1.05. The Morgan fingerprint density at radius 3 is 2.05 bits per heavy atom. The van der Waals surface area contributed by atoms with Gasteiger partial charge in [0.25, 0.3) is 0 Å². The molecule has 3 heteroatoms. The Bertz CT molecular complexity index is 497. The zero-order chi connectivity index (χ0) is 13.7. The third-order valence-corrected chi connectivity index (χ3v) is 4.43. The quantitative estimate of drug-likeness (QED) is 0.666. The van der Waals surface area contributed by atoms with Gasteiger partial charge < -0.3 is 9.84 Å². The molecule has 1 N–H and O–H groups in total. The summed E-state index contributed by atoms with van der Waals surface area (Å²) in [7, 11) is 1.62. The van der Waals surface area contributed by atoms with Crippen LogP contribution in [0.1, 0.15) is 12.5 Å². The molecule has 0 saturated heterocycles. The molecular formula is C16H18O2S. The van der Waals surface area contributed by atoms with E-state index in [4.69, 9.17) is 4.74 Å². The molecule has 2 unspecified atom stereocenters. The predicted octanol–water partition coefficient (Wildman–Crippen LogP) is 3.66. The lowest BCUT2D eigenvalue weighted by Crippen LogP contribution is -2.35. The standard InChI is InChI=1S/C16H18O2S/c1-16(17,13-9-5-3-6-10-13)15(18-2)19-14-11-7-4-8-12-14/h3-12,15,17H,1-2H3. The molecule has 19 heavy (non-hydrogen) atoms. The Hall–Kier alpha value is -1.29. The second kappa shape index (κ2) is 6.24. The molecule has 2 aromatic rings. The molecule has 2 aromatic carbocycles. The Balaban J connectivity index is 2.21. The summed E-state index contributed by atoms with van der Waals surface area (Å²) in [6.45, 7) is 1.78. The van der Waals surface area contributed by atoms with E-state index in [9.17, 15) is 5.11 Å². The van der Waals surface area contributed by atoms with Crippen molar-refractivity contribution in [3.8, 4) is 0 Å². The van der Waals surface area contributed by atoms with Gasteiger partial charge in [-0.2, -0.15) is 0 Å². The largest absolute Gasteiger partial charge is 0.382 e. The van der Waals surface area contributed by atoms with E-state index >= 15 is 0 Å². The van der Waals surface area contributed by atoms with Crippen LogP contribution < -0.4 is 0 Å². The van der Waals surface area contributed by atoms with Crippen LogP contribution in [0.3, 0.4) is 0 Å². The Morgan fingerprint density at radius 1 is 1.00 bits per heavy atom. The second-order valence-corrected chi connectivity index (χ2v) is 5.65. The van der Waals surface area contributed by atoms with E-state index in [2.05, 4.69) is 0 Å². The number of rotatable bonds is 5. The zero-order valence-electron chi connectivity index (χ0n) is 11.1. The van der Waals surface area contributed by atoms with Crippen molar-refractivity contribution in [2.24, 2.45) is 0 Å². The van der Waals surface area contributed by atoms with Crippen molar-refractivity contribution in [2.75, 3.05) is 7.11 Å². The third-order valence-electron chi connectivity index (χ3n) is 3.02. The second-order valence-electron chi connectivity index (χ2n) is 4.51. The molecule has 0 spiro atoms. The SMILES string of the molecule is COC(Sc1ccccc1)C(C)(O)c1ccccc1. The highest BCUT2D eigenvalue weighted by atomic mass is 32.2. The molecule has 0 bridgehead atoms. The maximum atomic E-state index is 10.8. The lowest BCUT2D eigenvalue weighted by Gasteiger charge is -2.31. The van der Waals surface area contributed by atoms with E-state index in [1.165, 1.54) is 11.8 Å². The molecule has 2 atom stereocenters. The smallest absolute Gasteiger partial charge is 0.139 e. The van der Waals surface area contributed by atoms with Crippen LogP contribution in [0.15, 0.2) is 65.6 Å². The van der Waals surface area contributed by atoms with Crippen molar-refractivity contribution in [3.05, 3.63) is 66.2 Å². The lowest BCUT2D eigenvalue weighted by atomic mass is 9.97. The normalized spacial score (nSPS) is 15.7. The van der Waals surface area contributed by atoms with E-state index in [-0.39, 0.29) is 5.44 Å². The first kappa shape index (κ1) is 14.1. The molecule has 0 amide bonds. The molecule has 0 fully saturated rings. The highest BCUT2D eigenvalue weighted by Gasteiger charge is 2.34. The van der Waals surface area contributed by atoms with Crippen LogP contribution in [0.2, 0.25) is 0 Å². The van der Waals surface area contributed by atoms with Crippen LogP contribution in [0.4, 0.5) is 0 Å². The van der Waals surface area contributed by atoms with Crippen LogP contribution in [-0.4, -0.2) is 17.7 Å². The molecule has 0 saturated carbocycles. The van der Waals surface area contributed by atoms with Gasteiger partial charge in [-0.25, -0.2) is 0 Å². The Labute approximate surface area is 118 Å². The molecule has 0 aliphatic heterocycles. The van der Waals surface area contributed by atoms with Crippen molar-refractivity contribution < 1.29 is 9.84 Å². The molecule has 100 valence electrons. The van der Waals surface area contributed by atoms with Crippen molar-refractivity contribution in [1.29, 1.82) is 0 Å². The minimum absolute atomic E-state index is 0.364. The topological polar surface area (TPSA) is 29.5 Å². The first-order valence-corrected chi connectivity index (χ1v) is 7.05. The van der Waals surface area contributed by atoms with Gasteiger partial charge in [0.05, 0.1) is 0 Å². The first-order valence-electron chi connectivity index (χ1n) is 6.17. The fourth-order valence-electron chi connectivity index (χ4n) is 1.93. The molecule has 0 radical (unpaired) electrons. The monoisotopic (exact) mass is 274 g/mol. The van der Waals surface area contributed by atoms with Gasteiger partial charge in [-0.3, -0.25) is 0 Å². The van der Waals surface area contributed by atoms with E-state index in [1.807, 2.05) is 60.7 Å². The highest BCUT2D eigenvalue weighted by Crippen LogP contribution is 2.36. The summed E-state index contributed by atoms with van der Waals surface area (Å²) in [5, 5.41) is 10.8. The van der Waals surface area contributed by atoms with Crippen LogP contribution in [-0.2, 0) is 10.3 Å². The van der Waals surface area contributed by atoms with Gasteiger partial charge in [0.1, 0.15) is 11.0 Å². The van der Waals surface area contributed by atoms with E-state index in [1.54, 1.807) is 14.0 Å². The van der Waals surface area contributed by atoms with Gasteiger partial charge in [-0.15, -0.1) is 0 Å². The number of ether oxygens (including phenoxy) is 1. The molecule has 0 heterocycles. The van der Waals surface area contributed by atoms with Crippen LogP contribution >= 0.6 is 11.8 Å². The lowest BCUT2D eigenvalue weighted by molar-refractivity contribution is -0.0408. The summed E-state index contributed by atoms with van der Waals surface area (Å²) in [6, 6.07) is 19.6. The fourth-order valence-corrected chi connectivity index (χ4v) is 2.95. The number of hydrogen-bond donors (Lipinski definition) is 1. The molecular weight excluding hydrogens is 256 g/mol. The van der Waals surface area contributed by atoms with Gasteiger partial charge in [0, 0.05) is 12.0 Å². The maximum absolute atomic E-state index is 10.8. The summed E-state index contributed by atoms with van der Waals surface area (Å²) in [5.74, 6) is 0. The van der Waals surface area contributed by atoms with Crippen molar-refractivity contribution in [2.45, 2.75) is 22.9 Å². The van der Waals surface area contributed by atoms with E-state index in [0.717, 1.165) is 10.5 Å². The summed E-state index contributed by atoms with van der Waals surface area (Å²) in [6.07, 6.45) is 0. The summed E-state index contributed by atoms with van der Waals surface area (Å²) < 4.78 is 5.49. The van der Waals surface area contributed by atoms with Crippen molar-refractivity contribution >= 4 is 11.8 Å². The highest BCUT2D eigenvalue weighted by molar-refractivity contribution is 7.99. The maximum Gasteiger partial charge on any atom is 0.139 e. The van der Waals surface area contributed by atoms with Crippen molar-refractivity contribution in [1.82, 2.24) is 0 Å². The van der Waals surface area contributed by atoms with Crippen LogP contribution in [0.5, 0.6) is 0 Å². The summed E-state index contributed by atoms with van der Waals surface area (Å²) in [4.78, 5) is 1.07. The fraction of sp³-hybridized carbons (Fsp3) is 0.250. The predicted molar refractivity (Wildman–Crippen MR) is 79.1 cm³/mol. The third kappa shape index (κ3) is 3.38. The van der Waals surface area contributed by atoms with Gasteiger partial charge in [-0.05, 0) is 24.6 Å². The van der Waals surface area contributed by atoms with E-state index in [0.29, 0.717) is 0 Å². The number of aliphatic hydroxyl groups is 1. The molecule has 0 aromatic heterocycles. The molecule has 0 aliphatic carbocycles. The van der Waals surface area contributed by atoms with Crippen LogP contribution in [0.25, 0.3) is 0 Å². The van der Waals surface area contributed by atoms with Gasteiger partial charge >= 0.3 is 0 Å². The summed E-state index contributed by atoms with van der Waals surface area (Å²) >= 11 is 1.52. The first-order chi connectivity index (χ1) is 9.14. The molecule has 2 nitrogen and oxygen atoms in total.